The summed E-state index contributed by atoms with van der Waals surface area (Å²) in [6.07, 6.45) is 1.50. The number of carbonyl (C=O) groups is 1. The number of hydrogen-bond acceptors (Lipinski definition) is 4. The Morgan fingerprint density at radius 1 is 1.12 bits per heavy atom. The van der Waals surface area contributed by atoms with Crippen LogP contribution in [0.4, 0.5) is 5.69 Å². The second-order valence-electron chi connectivity index (χ2n) is 6.81. The summed E-state index contributed by atoms with van der Waals surface area (Å²) >= 11 is 12.8. The summed E-state index contributed by atoms with van der Waals surface area (Å²) in [5.41, 5.74) is 2.11. The van der Waals surface area contributed by atoms with Crippen molar-refractivity contribution in [2.45, 2.75) is 13.5 Å². The number of benzene rings is 3. The topological polar surface area (TPSA) is 71.3 Å². The van der Waals surface area contributed by atoms with E-state index in [1.807, 2.05) is 31.2 Å². The quantitative estimate of drug-likeness (QED) is 0.219. The summed E-state index contributed by atoms with van der Waals surface area (Å²) in [6, 6.07) is 20.0. The maximum atomic E-state index is 12.6. The molecule has 0 aliphatic rings. The molecule has 3 rings (SSSR count). The van der Waals surface area contributed by atoms with E-state index in [2.05, 4.69) is 37.2 Å². The zero-order valence-corrected chi connectivity index (χ0v) is 21.5. The zero-order chi connectivity index (χ0) is 23.8. The molecule has 0 saturated carbocycles. The maximum Gasteiger partial charge on any atom is 0.266 e. The van der Waals surface area contributed by atoms with E-state index >= 15 is 0 Å². The Morgan fingerprint density at radius 2 is 1.88 bits per heavy atom. The third-order valence-corrected chi connectivity index (χ3v) is 5.72. The molecule has 5 nitrogen and oxygen atoms in total. The third kappa shape index (κ3) is 7.10. The second kappa shape index (κ2) is 11.9. The molecule has 0 saturated heterocycles. The van der Waals surface area contributed by atoms with Gasteiger partial charge < -0.3 is 14.8 Å². The summed E-state index contributed by atoms with van der Waals surface area (Å²) < 4.78 is 13.2. The molecule has 3 aromatic carbocycles. The lowest BCUT2D eigenvalue weighted by Gasteiger charge is -2.15. The Bertz CT molecular complexity index is 1220. The van der Waals surface area contributed by atoms with Gasteiger partial charge in [-0.25, -0.2) is 0 Å². The maximum absolute atomic E-state index is 12.6. The number of amides is 1. The summed E-state index contributed by atoms with van der Waals surface area (Å²) in [5, 5.41) is 12.9. The van der Waals surface area contributed by atoms with E-state index in [9.17, 15) is 10.1 Å². The minimum absolute atomic E-state index is 0.0424. The van der Waals surface area contributed by atoms with Crippen molar-refractivity contribution in [1.82, 2.24) is 0 Å². The van der Waals surface area contributed by atoms with Crippen LogP contribution >= 0.6 is 43.5 Å². The van der Waals surface area contributed by atoms with Crippen molar-refractivity contribution < 1.29 is 14.3 Å². The minimum atomic E-state index is -0.507. The van der Waals surface area contributed by atoms with Crippen LogP contribution < -0.4 is 14.8 Å². The van der Waals surface area contributed by atoms with Gasteiger partial charge in [-0.2, -0.15) is 5.26 Å². The minimum Gasteiger partial charge on any atom is -0.490 e. The molecule has 168 valence electrons. The van der Waals surface area contributed by atoms with Crippen molar-refractivity contribution in [3.8, 4) is 17.6 Å². The highest BCUT2D eigenvalue weighted by Gasteiger charge is 2.15. The highest BCUT2D eigenvalue weighted by Crippen LogP contribution is 2.38. The number of ether oxygens (including phenoxy) is 2. The number of hydrogen-bond donors (Lipinski definition) is 1. The lowest BCUT2D eigenvalue weighted by molar-refractivity contribution is -0.112. The van der Waals surface area contributed by atoms with Gasteiger partial charge in [-0.1, -0.05) is 45.7 Å². The highest BCUT2D eigenvalue weighted by atomic mass is 79.9. The Labute approximate surface area is 214 Å². The van der Waals surface area contributed by atoms with Gasteiger partial charge in [0.1, 0.15) is 18.2 Å². The van der Waals surface area contributed by atoms with Crippen molar-refractivity contribution in [3.05, 3.63) is 91.3 Å². The molecule has 0 aromatic heterocycles. The van der Waals surface area contributed by atoms with Crippen molar-refractivity contribution in [3.63, 3.8) is 0 Å². The van der Waals surface area contributed by atoms with Gasteiger partial charge in [0.25, 0.3) is 5.91 Å². The van der Waals surface area contributed by atoms with Gasteiger partial charge in [0.05, 0.1) is 11.1 Å². The molecule has 0 unspecified atom stereocenters. The molecule has 3 aromatic rings. The molecule has 0 heterocycles. The van der Waals surface area contributed by atoms with Crippen LogP contribution in [-0.2, 0) is 11.4 Å². The van der Waals surface area contributed by atoms with E-state index in [0.29, 0.717) is 45.5 Å². The lowest BCUT2D eigenvalue weighted by atomic mass is 10.1. The van der Waals surface area contributed by atoms with Crippen LogP contribution in [0.1, 0.15) is 18.1 Å². The number of carbonyl (C=O) groups excluding carboxylic acids is 1. The van der Waals surface area contributed by atoms with E-state index in [0.717, 1.165) is 10.0 Å². The molecule has 0 aliphatic carbocycles. The molecule has 0 fully saturated rings. The van der Waals surface area contributed by atoms with Crippen LogP contribution in [-0.4, -0.2) is 12.5 Å². The predicted molar refractivity (Wildman–Crippen MR) is 137 cm³/mol. The number of rotatable bonds is 8. The molecule has 8 heteroatoms. The first-order valence-corrected chi connectivity index (χ1v) is 11.9. The second-order valence-corrected chi connectivity index (χ2v) is 9.02. The number of anilines is 1. The number of halogens is 3. The van der Waals surface area contributed by atoms with Crippen LogP contribution in [0.25, 0.3) is 6.08 Å². The summed E-state index contributed by atoms with van der Waals surface area (Å²) in [5.74, 6) is 0.519. The summed E-state index contributed by atoms with van der Waals surface area (Å²) in [4.78, 5) is 12.6. The number of nitriles is 1. The van der Waals surface area contributed by atoms with E-state index in [4.69, 9.17) is 21.1 Å². The van der Waals surface area contributed by atoms with Gasteiger partial charge >= 0.3 is 0 Å². The largest absolute Gasteiger partial charge is 0.490 e. The Hall–Kier alpha value is -2.79. The number of nitrogens with zero attached hydrogens (tertiary/aromatic N) is 1. The smallest absolute Gasteiger partial charge is 0.266 e. The Morgan fingerprint density at radius 3 is 2.55 bits per heavy atom. The van der Waals surface area contributed by atoms with Gasteiger partial charge in [-0.15, -0.1) is 0 Å². The van der Waals surface area contributed by atoms with Crippen LogP contribution in [0.2, 0.25) is 5.02 Å². The SMILES string of the molecule is CCOc1cc(/C=C(/C#N)C(=O)Nc2cccc(Br)c2)cc(Br)c1OCc1ccc(Cl)cc1. The van der Waals surface area contributed by atoms with Crippen molar-refractivity contribution in [2.24, 2.45) is 0 Å². The van der Waals surface area contributed by atoms with Crippen molar-refractivity contribution >= 4 is 61.1 Å². The first-order chi connectivity index (χ1) is 15.9. The van der Waals surface area contributed by atoms with E-state index in [-0.39, 0.29) is 5.57 Å². The fourth-order valence-corrected chi connectivity index (χ4v) is 3.99. The van der Waals surface area contributed by atoms with Crippen LogP contribution in [0, 0.1) is 11.3 Å². The zero-order valence-electron chi connectivity index (χ0n) is 17.6. The molecule has 0 atom stereocenters. The number of nitrogens with one attached hydrogen (secondary N) is 1. The van der Waals surface area contributed by atoms with Gasteiger partial charge in [0.15, 0.2) is 11.5 Å². The molecule has 0 radical (unpaired) electrons. The average molecular weight is 591 g/mol. The lowest BCUT2D eigenvalue weighted by Crippen LogP contribution is -2.13. The first kappa shape index (κ1) is 24.8. The summed E-state index contributed by atoms with van der Waals surface area (Å²) in [6.45, 7) is 2.61. The van der Waals surface area contributed by atoms with Crippen LogP contribution in [0.5, 0.6) is 11.5 Å². The molecule has 0 spiro atoms. The van der Waals surface area contributed by atoms with E-state index in [1.165, 1.54) is 6.08 Å². The van der Waals surface area contributed by atoms with Crippen LogP contribution in [0.15, 0.2) is 75.2 Å². The molecular formula is C25H19Br2ClN2O3. The monoisotopic (exact) mass is 588 g/mol. The molecule has 1 N–H and O–H groups in total. The van der Waals surface area contributed by atoms with E-state index < -0.39 is 5.91 Å². The highest BCUT2D eigenvalue weighted by molar-refractivity contribution is 9.10. The third-order valence-electron chi connectivity index (χ3n) is 4.39. The average Bonchev–Trinajstić information content (AvgIpc) is 2.78. The van der Waals surface area contributed by atoms with E-state index in [1.54, 1.807) is 42.5 Å². The normalized spacial score (nSPS) is 10.9. The first-order valence-electron chi connectivity index (χ1n) is 9.92. The van der Waals surface area contributed by atoms with Gasteiger partial charge in [0, 0.05) is 15.2 Å². The van der Waals surface area contributed by atoms with Crippen molar-refractivity contribution in [2.75, 3.05) is 11.9 Å². The molecule has 33 heavy (non-hydrogen) atoms. The standard InChI is InChI=1S/C25H19Br2ClN2O3/c1-2-32-23-12-17(10-18(14-29)25(31)30-21-5-3-4-19(26)13-21)11-22(27)24(23)33-15-16-6-8-20(28)9-7-16/h3-13H,2,15H2,1H3,(H,30,31)/b18-10-. The Balaban J connectivity index is 1.84. The molecular weight excluding hydrogens is 572 g/mol. The fourth-order valence-electron chi connectivity index (χ4n) is 2.89. The molecule has 1 amide bonds. The Kier molecular flexibility index (Phi) is 8.95. The predicted octanol–water partition coefficient (Wildman–Crippen LogP) is 7.39. The molecule has 0 aliphatic heterocycles. The summed E-state index contributed by atoms with van der Waals surface area (Å²) in [7, 11) is 0. The molecule has 0 bridgehead atoms. The van der Waals surface area contributed by atoms with Gasteiger partial charge in [-0.05, 0) is 82.5 Å². The van der Waals surface area contributed by atoms with Crippen molar-refractivity contribution in [1.29, 1.82) is 5.26 Å². The van der Waals surface area contributed by atoms with Crippen LogP contribution in [0.3, 0.4) is 0 Å². The van der Waals surface area contributed by atoms with Gasteiger partial charge in [0.2, 0.25) is 0 Å². The van der Waals surface area contributed by atoms with Gasteiger partial charge in [-0.3, -0.25) is 4.79 Å². The fraction of sp³-hybridized carbons (Fsp3) is 0.120.